The number of sulfonamides is 1. The Morgan fingerprint density at radius 1 is 1.10 bits per heavy atom. The van der Waals surface area contributed by atoms with Crippen LogP contribution in [0.1, 0.15) is 5.56 Å². The first kappa shape index (κ1) is 15.2. The van der Waals surface area contributed by atoms with Gasteiger partial charge in [0.1, 0.15) is 16.5 Å². The van der Waals surface area contributed by atoms with Crippen molar-refractivity contribution in [1.82, 2.24) is 0 Å². The first-order valence-corrected chi connectivity index (χ1v) is 8.10. The molecule has 7 heteroatoms. The van der Waals surface area contributed by atoms with Crippen molar-refractivity contribution >= 4 is 38.3 Å². The molecule has 0 unspecified atom stereocenters. The number of anilines is 1. The highest BCUT2D eigenvalue weighted by Crippen LogP contribution is 2.22. The Hall–Kier alpha value is -1.22. The van der Waals surface area contributed by atoms with Gasteiger partial charge in [0, 0.05) is 15.3 Å². The van der Waals surface area contributed by atoms with E-state index in [2.05, 4.69) is 27.3 Å². The van der Waals surface area contributed by atoms with Crippen LogP contribution in [0.4, 0.5) is 14.5 Å². The Morgan fingerprint density at radius 3 is 2.40 bits per heavy atom. The standard InChI is InChI=1S/C13H10F2INO2S/c1-8-6-10(3-4-12(8)16)17-20(18,19)13-5-2-9(14)7-11(13)15/h2-7,17H,1H3. The maximum Gasteiger partial charge on any atom is 0.264 e. The summed E-state index contributed by atoms with van der Waals surface area (Å²) in [6, 6.07) is 7.29. The predicted molar refractivity (Wildman–Crippen MR) is 81.1 cm³/mol. The number of halogens is 3. The van der Waals surface area contributed by atoms with Gasteiger partial charge in [-0.1, -0.05) is 0 Å². The molecule has 0 aliphatic heterocycles. The fourth-order valence-corrected chi connectivity index (χ4v) is 3.06. The van der Waals surface area contributed by atoms with E-state index in [1.54, 1.807) is 18.2 Å². The molecule has 0 fully saturated rings. The Labute approximate surface area is 129 Å². The lowest BCUT2D eigenvalue weighted by atomic mass is 10.2. The summed E-state index contributed by atoms with van der Waals surface area (Å²) < 4.78 is 53.7. The van der Waals surface area contributed by atoms with Crippen LogP contribution in [0.25, 0.3) is 0 Å². The Balaban J connectivity index is 2.38. The molecule has 0 saturated carbocycles. The third-order valence-electron chi connectivity index (χ3n) is 2.59. The highest BCUT2D eigenvalue weighted by atomic mass is 127. The van der Waals surface area contributed by atoms with Gasteiger partial charge in [0.15, 0.2) is 0 Å². The van der Waals surface area contributed by atoms with Crippen molar-refractivity contribution in [2.45, 2.75) is 11.8 Å². The molecular weight excluding hydrogens is 399 g/mol. The van der Waals surface area contributed by atoms with Gasteiger partial charge in [0.2, 0.25) is 0 Å². The molecular formula is C13H10F2INO2S. The van der Waals surface area contributed by atoms with E-state index in [-0.39, 0.29) is 0 Å². The van der Waals surface area contributed by atoms with Crippen LogP contribution < -0.4 is 4.72 Å². The summed E-state index contributed by atoms with van der Waals surface area (Å²) in [6.45, 7) is 1.83. The summed E-state index contributed by atoms with van der Waals surface area (Å²) in [7, 11) is -4.08. The highest BCUT2D eigenvalue weighted by molar-refractivity contribution is 14.1. The summed E-state index contributed by atoms with van der Waals surface area (Å²) in [5, 5.41) is 0. The van der Waals surface area contributed by atoms with Crippen LogP contribution in [0, 0.1) is 22.1 Å². The van der Waals surface area contributed by atoms with Crippen LogP contribution in [-0.2, 0) is 10.0 Å². The molecule has 0 bridgehead atoms. The van der Waals surface area contributed by atoms with Crippen molar-refractivity contribution in [3.8, 4) is 0 Å². The van der Waals surface area contributed by atoms with E-state index in [9.17, 15) is 17.2 Å². The van der Waals surface area contributed by atoms with Gasteiger partial charge in [-0.2, -0.15) is 0 Å². The molecule has 0 saturated heterocycles. The van der Waals surface area contributed by atoms with Gasteiger partial charge in [0.05, 0.1) is 0 Å². The number of hydrogen-bond acceptors (Lipinski definition) is 2. The van der Waals surface area contributed by atoms with Crippen molar-refractivity contribution < 1.29 is 17.2 Å². The van der Waals surface area contributed by atoms with Gasteiger partial charge in [-0.15, -0.1) is 0 Å². The number of benzene rings is 2. The van der Waals surface area contributed by atoms with Crippen molar-refractivity contribution in [1.29, 1.82) is 0 Å². The molecule has 0 aliphatic carbocycles. The van der Waals surface area contributed by atoms with Gasteiger partial charge in [-0.05, 0) is 65.4 Å². The lowest BCUT2D eigenvalue weighted by Gasteiger charge is -2.10. The Kier molecular flexibility index (Phi) is 4.28. The molecule has 2 aromatic rings. The first-order chi connectivity index (χ1) is 9.29. The topological polar surface area (TPSA) is 46.2 Å². The molecule has 0 spiro atoms. The second kappa shape index (κ2) is 5.65. The normalized spacial score (nSPS) is 11.4. The number of rotatable bonds is 3. The first-order valence-electron chi connectivity index (χ1n) is 5.53. The fourth-order valence-electron chi connectivity index (χ4n) is 1.61. The second-order valence-electron chi connectivity index (χ2n) is 4.14. The van der Waals surface area contributed by atoms with Crippen molar-refractivity contribution in [2.75, 3.05) is 4.72 Å². The van der Waals surface area contributed by atoms with Gasteiger partial charge in [0.25, 0.3) is 10.0 Å². The molecule has 0 radical (unpaired) electrons. The molecule has 0 amide bonds. The predicted octanol–water partition coefficient (Wildman–Crippen LogP) is 3.68. The average Bonchev–Trinajstić information content (AvgIpc) is 2.33. The third-order valence-corrected chi connectivity index (χ3v) is 5.22. The minimum absolute atomic E-state index is 0.326. The highest BCUT2D eigenvalue weighted by Gasteiger charge is 2.19. The number of nitrogens with one attached hydrogen (secondary N) is 1. The molecule has 20 heavy (non-hydrogen) atoms. The zero-order valence-electron chi connectivity index (χ0n) is 10.3. The number of aryl methyl sites for hydroxylation is 1. The van der Waals surface area contributed by atoms with Gasteiger partial charge in [-0.3, -0.25) is 4.72 Å². The van der Waals surface area contributed by atoms with E-state index in [1.165, 1.54) is 0 Å². The van der Waals surface area contributed by atoms with E-state index >= 15 is 0 Å². The Morgan fingerprint density at radius 2 is 1.80 bits per heavy atom. The fraction of sp³-hybridized carbons (Fsp3) is 0.0769. The number of hydrogen-bond donors (Lipinski definition) is 1. The van der Waals surface area contributed by atoms with E-state index in [1.807, 2.05) is 6.92 Å². The molecule has 0 aliphatic rings. The SMILES string of the molecule is Cc1cc(NS(=O)(=O)c2ccc(F)cc2F)ccc1I. The molecule has 2 rings (SSSR count). The van der Waals surface area contributed by atoms with Crippen molar-refractivity contribution in [3.05, 3.63) is 57.2 Å². The third kappa shape index (κ3) is 3.26. The maximum atomic E-state index is 13.5. The minimum Gasteiger partial charge on any atom is -0.280 e. The van der Waals surface area contributed by atoms with E-state index in [4.69, 9.17) is 0 Å². The van der Waals surface area contributed by atoms with Crippen LogP contribution in [-0.4, -0.2) is 8.42 Å². The van der Waals surface area contributed by atoms with Crippen LogP contribution in [0.3, 0.4) is 0 Å². The zero-order chi connectivity index (χ0) is 14.9. The molecule has 1 N–H and O–H groups in total. The smallest absolute Gasteiger partial charge is 0.264 e. The minimum atomic E-state index is -4.08. The van der Waals surface area contributed by atoms with Gasteiger partial charge in [-0.25, -0.2) is 17.2 Å². The van der Waals surface area contributed by atoms with Crippen LogP contribution >= 0.6 is 22.6 Å². The van der Waals surface area contributed by atoms with Crippen LogP contribution in [0.5, 0.6) is 0 Å². The second-order valence-corrected chi connectivity index (χ2v) is 6.96. The largest absolute Gasteiger partial charge is 0.280 e. The quantitative estimate of drug-likeness (QED) is 0.787. The maximum absolute atomic E-state index is 13.5. The summed E-state index contributed by atoms with van der Waals surface area (Å²) in [5.74, 6) is -1.95. The summed E-state index contributed by atoms with van der Waals surface area (Å²) in [6.07, 6.45) is 0. The van der Waals surface area contributed by atoms with Crippen molar-refractivity contribution in [2.24, 2.45) is 0 Å². The summed E-state index contributed by atoms with van der Waals surface area (Å²) in [5.41, 5.74) is 1.22. The van der Waals surface area contributed by atoms with E-state index in [0.29, 0.717) is 11.8 Å². The van der Waals surface area contributed by atoms with E-state index in [0.717, 1.165) is 21.3 Å². The van der Waals surface area contributed by atoms with Crippen LogP contribution in [0.2, 0.25) is 0 Å². The summed E-state index contributed by atoms with van der Waals surface area (Å²) >= 11 is 2.12. The Bertz CT molecular complexity index is 763. The monoisotopic (exact) mass is 409 g/mol. The zero-order valence-corrected chi connectivity index (χ0v) is 13.3. The molecule has 0 atom stereocenters. The molecule has 106 valence electrons. The lowest BCUT2D eigenvalue weighted by Crippen LogP contribution is -2.14. The van der Waals surface area contributed by atoms with Crippen LogP contribution in [0.15, 0.2) is 41.3 Å². The summed E-state index contributed by atoms with van der Waals surface area (Å²) in [4.78, 5) is -0.588. The molecule has 0 aromatic heterocycles. The molecule has 0 heterocycles. The van der Waals surface area contributed by atoms with Crippen molar-refractivity contribution in [3.63, 3.8) is 0 Å². The lowest BCUT2D eigenvalue weighted by molar-refractivity contribution is 0.551. The van der Waals surface area contributed by atoms with Gasteiger partial charge < -0.3 is 0 Å². The molecule has 2 aromatic carbocycles. The average molecular weight is 409 g/mol. The van der Waals surface area contributed by atoms with E-state index < -0.39 is 26.6 Å². The molecule has 3 nitrogen and oxygen atoms in total. The van der Waals surface area contributed by atoms with Gasteiger partial charge >= 0.3 is 0 Å².